The normalized spacial score (nSPS) is 30.5. The molecular weight excluding hydrogens is 234 g/mol. The third-order valence-electron chi connectivity index (χ3n) is 5.75. The minimum atomic E-state index is 0.410. The van der Waals surface area contributed by atoms with E-state index in [4.69, 9.17) is 4.74 Å². The minimum Gasteiger partial charge on any atom is -0.377 e. The van der Waals surface area contributed by atoms with Gasteiger partial charge >= 0.3 is 0 Å². The molecule has 2 unspecified atom stereocenters. The van der Waals surface area contributed by atoms with Gasteiger partial charge in [-0.25, -0.2) is 0 Å². The van der Waals surface area contributed by atoms with Crippen LogP contribution in [0.5, 0.6) is 0 Å². The van der Waals surface area contributed by atoms with E-state index in [0.29, 0.717) is 17.6 Å². The van der Waals surface area contributed by atoms with Crippen LogP contribution < -0.4 is 5.32 Å². The van der Waals surface area contributed by atoms with Gasteiger partial charge in [0.25, 0.3) is 0 Å². The number of ether oxygens (including phenoxy) is 1. The lowest BCUT2D eigenvalue weighted by Gasteiger charge is -2.56. The molecule has 0 aromatic carbocycles. The fourth-order valence-corrected chi connectivity index (χ4v) is 4.21. The third kappa shape index (κ3) is 3.16. The van der Waals surface area contributed by atoms with Gasteiger partial charge in [-0.3, -0.25) is 0 Å². The van der Waals surface area contributed by atoms with Crippen LogP contribution in [0.4, 0.5) is 0 Å². The van der Waals surface area contributed by atoms with Gasteiger partial charge in [-0.1, -0.05) is 33.6 Å². The number of rotatable bonds is 8. The van der Waals surface area contributed by atoms with Gasteiger partial charge in [-0.05, 0) is 51.0 Å². The highest BCUT2D eigenvalue weighted by molar-refractivity contribution is 5.06. The third-order valence-corrected chi connectivity index (χ3v) is 5.75. The van der Waals surface area contributed by atoms with Crippen LogP contribution in [-0.4, -0.2) is 25.3 Å². The van der Waals surface area contributed by atoms with E-state index in [2.05, 4.69) is 26.1 Å². The highest BCUT2D eigenvalue weighted by Crippen LogP contribution is 2.49. The Balaban J connectivity index is 1.82. The molecule has 0 heterocycles. The van der Waals surface area contributed by atoms with Crippen LogP contribution in [-0.2, 0) is 4.74 Å². The summed E-state index contributed by atoms with van der Waals surface area (Å²) in [5.74, 6) is 0.856. The van der Waals surface area contributed by atoms with E-state index in [1.807, 2.05) is 0 Å². The number of hydrogen-bond donors (Lipinski definition) is 1. The Morgan fingerprint density at radius 2 is 1.79 bits per heavy atom. The summed E-state index contributed by atoms with van der Waals surface area (Å²) in [6.45, 7) is 9.11. The summed E-state index contributed by atoms with van der Waals surface area (Å²) in [5.41, 5.74) is 0.410. The van der Waals surface area contributed by atoms with Gasteiger partial charge in [0.2, 0.25) is 0 Å². The van der Waals surface area contributed by atoms with Crippen molar-refractivity contribution in [3.05, 3.63) is 0 Å². The average Bonchev–Trinajstić information content (AvgIpc) is 2.92. The highest BCUT2D eigenvalue weighted by Gasteiger charge is 2.53. The van der Waals surface area contributed by atoms with Crippen molar-refractivity contribution in [2.45, 2.75) is 84.3 Å². The predicted octanol–water partition coefficient (Wildman–Crippen LogP) is 4.14. The van der Waals surface area contributed by atoms with Crippen LogP contribution in [0.15, 0.2) is 0 Å². The van der Waals surface area contributed by atoms with E-state index in [1.165, 1.54) is 51.4 Å². The molecule has 0 saturated heterocycles. The van der Waals surface area contributed by atoms with Crippen molar-refractivity contribution in [2.75, 3.05) is 13.2 Å². The van der Waals surface area contributed by atoms with Crippen molar-refractivity contribution >= 4 is 0 Å². The van der Waals surface area contributed by atoms with E-state index in [1.54, 1.807) is 0 Å². The van der Waals surface area contributed by atoms with Gasteiger partial charge < -0.3 is 10.1 Å². The molecule has 0 spiro atoms. The van der Waals surface area contributed by atoms with Gasteiger partial charge in [0, 0.05) is 18.1 Å². The lowest BCUT2D eigenvalue weighted by molar-refractivity contribution is -0.147. The standard InChI is InChI=1S/C17H33NO/c1-4-11-18-15-12-16(17(15,5-2)6-3)19-13-14-9-7-8-10-14/h14-16,18H,4-13H2,1-3H3. The summed E-state index contributed by atoms with van der Waals surface area (Å²) < 4.78 is 6.33. The molecule has 2 heteroatoms. The Kier molecular flexibility index (Phi) is 5.70. The van der Waals surface area contributed by atoms with Crippen LogP contribution in [0.2, 0.25) is 0 Å². The maximum Gasteiger partial charge on any atom is 0.0661 e. The van der Waals surface area contributed by atoms with Crippen LogP contribution >= 0.6 is 0 Å². The fraction of sp³-hybridized carbons (Fsp3) is 1.00. The fourth-order valence-electron chi connectivity index (χ4n) is 4.21. The zero-order chi connectivity index (χ0) is 13.7. The number of hydrogen-bond acceptors (Lipinski definition) is 2. The van der Waals surface area contributed by atoms with Gasteiger partial charge in [0.1, 0.15) is 0 Å². The van der Waals surface area contributed by atoms with Crippen LogP contribution in [0.25, 0.3) is 0 Å². The minimum absolute atomic E-state index is 0.410. The van der Waals surface area contributed by atoms with Gasteiger partial charge in [-0.2, -0.15) is 0 Å². The molecule has 1 N–H and O–H groups in total. The zero-order valence-electron chi connectivity index (χ0n) is 13.2. The largest absolute Gasteiger partial charge is 0.377 e. The van der Waals surface area contributed by atoms with E-state index in [9.17, 15) is 0 Å². The molecule has 2 fully saturated rings. The van der Waals surface area contributed by atoms with Crippen molar-refractivity contribution in [2.24, 2.45) is 11.3 Å². The molecule has 0 aromatic rings. The van der Waals surface area contributed by atoms with E-state index in [-0.39, 0.29) is 0 Å². The van der Waals surface area contributed by atoms with E-state index < -0.39 is 0 Å². The molecule has 2 nitrogen and oxygen atoms in total. The molecule has 0 bridgehead atoms. The quantitative estimate of drug-likeness (QED) is 0.713. The summed E-state index contributed by atoms with van der Waals surface area (Å²) in [5, 5.41) is 3.74. The van der Waals surface area contributed by atoms with Crippen molar-refractivity contribution in [1.29, 1.82) is 0 Å². The molecule has 19 heavy (non-hydrogen) atoms. The number of nitrogens with one attached hydrogen (secondary N) is 1. The Morgan fingerprint density at radius 1 is 1.11 bits per heavy atom. The van der Waals surface area contributed by atoms with Gasteiger partial charge in [0.15, 0.2) is 0 Å². The first-order valence-electron chi connectivity index (χ1n) is 8.61. The van der Waals surface area contributed by atoms with Gasteiger partial charge in [0.05, 0.1) is 6.10 Å². The lowest BCUT2D eigenvalue weighted by Crippen LogP contribution is -2.63. The van der Waals surface area contributed by atoms with Crippen molar-refractivity contribution < 1.29 is 4.74 Å². The molecule has 2 aliphatic carbocycles. The summed E-state index contributed by atoms with van der Waals surface area (Å²) in [7, 11) is 0. The molecule has 2 saturated carbocycles. The first kappa shape index (κ1) is 15.3. The van der Waals surface area contributed by atoms with Crippen molar-refractivity contribution in [3.8, 4) is 0 Å². The van der Waals surface area contributed by atoms with Crippen molar-refractivity contribution in [1.82, 2.24) is 5.32 Å². The summed E-state index contributed by atoms with van der Waals surface area (Å²) >= 11 is 0. The second-order valence-electron chi connectivity index (χ2n) is 6.66. The van der Waals surface area contributed by atoms with E-state index in [0.717, 1.165) is 19.1 Å². The Bertz CT molecular complexity index is 256. The van der Waals surface area contributed by atoms with Crippen LogP contribution in [0.3, 0.4) is 0 Å². The van der Waals surface area contributed by atoms with E-state index >= 15 is 0 Å². The molecule has 0 radical (unpaired) electrons. The molecule has 2 rings (SSSR count). The Morgan fingerprint density at radius 3 is 2.37 bits per heavy atom. The first-order valence-corrected chi connectivity index (χ1v) is 8.61. The molecule has 0 amide bonds. The maximum atomic E-state index is 6.33. The van der Waals surface area contributed by atoms with Gasteiger partial charge in [-0.15, -0.1) is 0 Å². The lowest BCUT2D eigenvalue weighted by atomic mass is 9.58. The topological polar surface area (TPSA) is 21.3 Å². The highest BCUT2D eigenvalue weighted by atomic mass is 16.5. The van der Waals surface area contributed by atoms with Crippen LogP contribution in [0.1, 0.15) is 72.1 Å². The SMILES string of the molecule is CCCNC1CC(OCC2CCCC2)C1(CC)CC. The Hall–Kier alpha value is -0.0800. The van der Waals surface area contributed by atoms with Crippen molar-refractivity contribution in [3.63, 3.8) is 0 Å². The second kappa shape index (κ2) is 7.08. The summed E-state index contributed by atoms with van der Waals surface area (Å²) in [4.78, 5) is 0. The molecule has 2 aliphatic rings. The maximum absolute atomic E-state index is 6.33. The monoisotopic (exact) mass is 267 g/mol. The predicted molar refractivity (Wildman–Crippen MR) is 81.4 cm³/mol. The zero-order valence-corrected chi connectivity index (χ0v) is 13.2. The summed E-state index contributed by atoms with van der Waals surface area (Å²) in [6.07, 6.45) is 11.1. The molecule has 2 atom stereocenters. The molecule has 0 aliphatic heterocycles. The first-order chi connectivity index (χ1) is 9.26. The average molecular weight is 267 g/mol. The molecule has 0 aromatic heterocycles. The second-order valence-corrected chi connectivity index (χ2v) is 6.66. The molecular formula is C17H33NO. The smallest absolute Gasteiger partial charge is 0.0661 e. The Labute approximate surface area is 119 Å². The molecule has 112 valence electrons. The van der Waals surface area contributed by atoms with Crippen LogP contribution in [0, 0.1) is 11.3 Å². The summed E-state index contributed by atoms with van der Waals surface area (Å²) in [6, 6.07) is 0.691.